The molecule has 144 valence electrons. The first kappa shape index (κ1) is 19.4. The number of fused-ring (bicyclic) bond motifs is 1. The van der Waals surface area contributed by atoms with E-state index in [-0.39, 0.29) is 21.7 Å². The summed E-state index contributed by atoms with van der Waals surface area (Å²) in [6.07, 6.45) is 0.376. The van der Waals surface area contributed by atoms with Crippen LogP contribution in [0.1, 0.15) is 13.3 Å². The highest BCUT2D eigenvalue weighted by molar-refractivity contribution is 8.00. The molecule has 9 heteroatoms. The maximum absolute atomic E-state index is 12.9. The summed E-state index contributed by atoms with van der Waals surface area (Å²) in [6.45, 7) is 1.96. The molecule has 0 radical (unpaired) electrons. The standard InChI is InChI=1S/C18H20N2O5S2/c1-11-8-18(21)19-15-10-13(5-7-17(15)26-11)27(22,23)20-14-9-12(24-2)4-6-16(14)25-3/h4-7,9-11,20H,8H2,1-3H3,(H,19,21)/t11-/m1/s1. The van der Waals surface area contributed by atoms with E-state index in [1.54, 1.807) is 24.3 Å². The zero-order chi connectivity index (χ0) is 19.6. The first-order valence-corrected chi connectivity index (χ1v) is 10.5. The van der Waals surface area contributed by atoms with Gasteiger partial charge in [0.2, 0.25) is 5.91 Å². The average Bonchev–Trinajstić information content (AvgIpc) is 2.76. The third-order valence-corrected chi connectivity index (χ3v) is 6.53. The van der Waals surface area contributed by atoms with Crippen LogP contribution in [-0.4, -0.2) is 33.8 Å². The van der Waals surface area contributed by atoms with E-state index in [0.29, 0.717) is 23.6 Å². The molecular formula is C18H20N2O5S2. The van der Waals surface area contributed by atoms with Crippen molar-refractivity contribution in [3.05, 3.63) is 36.4 Å². The number of sulfonamides is 1. The molecule has 0 fully saturated rings. The fourth-order valence-corrected chi connectivity index (χ4v) is 4.83. The lowest BCUT2D eigenvalue weighted by molar-refractivity contribution is -0.116. The Labute approximate surface area is 162 Å². The van der Waals surface area contributed by atoms with E-state index in [9.17, 15) is 13.2 Å². The molecule has 1 aliphatic rings. The van der Waals surface area contributed by atoms with E-state index in [2.05, 4.69) is 10.0 Å². The van der Waals surface area contributed by atoms with Crippen LogP contribution in [0.5, 0.6) is 11.5 Å². The minimum atomic E-state index is -3.89. The SMILES string of the molecule is COc1ccc(OC)c(NS(=O)(=O)c2ccc3c(c2)NC(=O)C[C@@H](C)S3)c1. The Balaban J connectivity index is 1.96. The highest BCUT2D eigenvalue weighted by Gasteiger charge is 2.23. The van der Waals surface area contributed by atoms with Crippen LogP contribution < -0.4 is 19.5 Å². The van der Waals surface area contributed by atoms with Crippen molar-refractivity contribution >= 4 is 39.1 Å². The lowest BCUT2D eigenvalue weighted by Crippen LogP contribution is -2.15. The molecule has 7 nitrogen and oxygen atoms in total. The lowest BCUT2D eigenvalue weighted by Gasteiger charge is -2.14. The van der Waals surface area contributed by atoms with E-state index in [0.717, 1.165) is 4.90 Å². The number of ether oxygens (including phenoxy) is 2. The summed E-state index contributed by atoms with van der Waals surface area (Å²) in [7, 11) is -0.945. The smallest absolute Gasteiger partial charge is 0.262 e. The minimum absolute atomic E-state index is 0.0431. The molecule has 1 amide bonds. The van der Waals surface area contributed by atoms with Gasteiger partial charge in [0.05, 0.1) is 30.5 Å². The first-order chi connectivity index (χ1) is 12.8. The fraction of sp³-hybridized carbons (Fsp3) is 0.278. The van der Waals surface area contributed by atoms with Gasteiger partial charge < -0.3 is 14.8 Å². The van der Waals surface area contributed by atoms with E-state index in [4.69, 9.17) is 9.47 Å². The van der Waals surface area contributed by atoms with Crippen LogP contribution in [-0.2, 0) is 14.8 Å². The van der Waals surface area contributed by atoms with Crippen molar-refractivity contribution in [2.24, 2.45) is 0 Å². The van der Waals surface area contributed by atoms with Crippen LogP contribution in [0, 0.1) is 0 Å². The van der Waals surface area contributed by atoms with Crippen molar-refractivity contribution in [1.29, 1.82) is 0 Å². The van der Waals surface area contributed by atoms with E-state index in [1.807, 2.05) is 6.92 Å². The predicted molar refractivity (Wildman–Crippen MR) is 105 cm³/mol. The normalized spacial score (nSPS) is 16.7. The Morgan fingerprint density at radius 3 is 2.63 bits per heavy atom. The average molecular weight is 409 g/mol. The summed E-state index contributed by atoms with van der Waals surface area (Å²) in [5.41, 5.74) is 0.758. The second-order valence-electron chi connectivity index (χ2n) is 6.01. The third-order valence-electron chi connectivity index (χ3n) is 3.99. The van der Waals surface area contributed by atoms with Gasteiger partial charge in [-0.2, -0.15) is 0 Å². The Morgan fingerprint density at radius 2 is 1.93 bits per heavy atom. The summed E-state index contributed by atoms with van der Waals surface area (Å²) in [5.74, 6) is 0.727. The van der Waals surface area contributed by atoms with E-state index < -0.39 is 10.0 Å². The number of methoxy groups -OCH3 is 2. The minimum Gasteiger partial charge on any atom is -0.497 e. The molecule has 1 aliphatic heterocycles. The van der Waals surface area contributed by atoms with Crippen LogP contribution in [0.15, 0.2) is 46.2 Å². The van der Waals surface area contributed by atoms with Gasteiger partial charge in [-0.1, -0.05) is 6.92 Å². The summed E-state index contributed by atoms with van der Waals surface area (Å²) < 4.78 is 38.6. The quantitative estimate of drug-likeness (QED) is 0.788. The molecule has 0 spiro atoms. The summed E-state index contributed by atoms with van der Waals surface area (Å²) in [6, 6.07) is 9.52. The first-order valence-electron chi connectivity index (χ1n) is 8.18. The molecule has 0 unspecified atom stereocenters. The highest BCUT2D eigenvalue weighted by atomic mass is 32.2. The zero-order valence-corrected chi connectivity index (χ0v) is 16.7. The number of carbonyl (C=O) groups excluding carboxylic acids is 1. The van der Waals surface area contributed by atoms with Crippen LogP contribution >= 0.6 is 11.8 Å². The lowest BCUT2D eigenvalue weighted by atomic mass is 10.3. The Morgan fingerprint density at radius 1 is 1.15 bits per heavy atom. The molecule has 3 rings (SSSR count). The second-order valence-corrected chi connectivity index (χ2v) is 9.17. The second kappa shape index (κ2) is 7.69. The van der Waals surface area contributed by atoms with E-state index in [1.165, 1.54) is 38.1 Å². The van der Waals surface area contributed by atoms with Gasteiger partial charge >= 0.3 is 0 Å². The molecule has 0 aromatic heterocycles. The topological polar surface area (TPSA) is 93.7 Å². The number of rotatable bonds is 5. The molecule has 0 saturated carbocycles. The van der Waals surface area contributed by atoms with Gasteiger partial charge in [-0.3, -0.25) is 9.52 Å². The number of amides is 1. The molecule has 1 heterocycles. The van der Waals surface area contributed by atoms with Crippen molar-refractivity contribution in [3.63, 3.8) is 0 Å². The number of thioether (sulfide) groups is 1. The maximum atomic E-state index is 12.9. The molecule has 0 aliphatic carbocycles. The highest BCUT2D eigenvalue weighted by Crippen LogP contribution is 2.37. The van der Waals surface area contributed by atoms with Gasteiger partial charge in [-0.15, -0.1) is 11.8 Å². The molecule has 1 atom stereocenters. The maximum Gasteiger partial charge on any atom is 0.262 e. The van der Waals surface area contributed by atoms with Gasteiger partial charge in [0, 0.05) is 22.6 Å². The van der Waals surface area contributed by atoms with Crippen LogP contribution in [0.25, 0.3) is 0 Å². The van der Waals surface area contributed by atoms with Gasteiger partial charge in [-0.25, -0.2) is 8.42 Å². The molecule has 0 saturated heterocycles. The van der Waals surface area contributed by atoms with Crippen LogP contribution in [0.2, 0.25) is 0 Å². The van der Waals surface area contributed by atoms with E-state index >= 15 is 0 Å². The molecule has 2 N–H and O–H groups in total. The van der Waals surface area contributed by atoms with Crippen LogP contribution in [0.3, 0.4) is 0 Å². The van der Waals surface area contributed by atoms with Crippen molar-refractivity contribution in [3.8, 4) is 11.5 Å². The summed E-state index contributed by atoms with van der Waals surface area (Å²) in [4.78, 5) is 12.8. The van der Waals surface area contributed by atoms with Gasteiger partial charge in [0.25, 0.3) is 10.0 Å². The Kier molecular flexibility index (Phi) is 5.52. The van der Waals surface area contributed by atoms with Crippen LogP contribution in [0.4, 0.5) is 11.4 Å². The van der Waals surface area contributed by atoms with Crippen molar-refractivity contribution < 1.29 is 22.7 Å². The van der Waals surface area contributed by atoms with Crippen molar-refractivity contribution in [2.45, 2.75) is 28.4 Å². The zero-order valence-electron chi connectivity index (χ0n) is 15.1. The number of nitrogens with one attached hydrogen (secondary N) is 2. The van der Waals surface area contributed by atoms with Gasteiger partial charge in [0.15, 0.2) is 0 Å². The van der Waals surface area contributed by atoms with Gasteiger partial charge in [-0.05, 0) is 30.3 Å². The summed E-state index contributed by atoms with van der Waals surface area (Å²) >= 11 is 1.54. The fourth-order valence-electron chi connectivity index (χ4n) is 2.69. The number of hydrogen-bond donors (Lipinski definition) is 2. The molecule has 0 bridgehead atoms. The third kappa shape index (κ3) is 4.30. The number of benzene rings is 2. The number of anilines is 2. The summed E-state index contributed by atoms with van der Waals surface area (Å²) in [5, 5.41) is 2.89. The number of hydrogen-bond acceptors (Lipinski definition) is 6. The Hall–Kier alpha value is -2.39. The van der Waals surface area contributed by atoms with Gasteiger partial charge in [0.1, 0.15) is 11.5 Å². The predicted octanol–water partition coefficient (Wildman–Crippen LogP) is 3.33. The monoisotopic (exact) mass is 408 g/mol. The van der Waals surface area contributed by atoms with Crippen molar-refractivity contribution in [1.82, 2.24) is 0 Å². The molecule has 2 aromatic rings. The van der Waals surface area contributed by atoms with Crippen molar-refractivity contribution in [2.75, 3.05) is 24.3 Å². The molecule has 2 aromatic carbocycles. The largest absolute Gasteiger partial charge is 0.497 e. The Bertz CT molecular complexity index is 976. The number of carbonyl (C=O) groups is 1. The molecule has 27 heavy (non-hydrogen) atoms. The molecular weight excluding hydrogens is 388 g/mol.